The number of alkyl halides is 3. The number of halogens is 3. The molecule has 1 unspecified atom stereocenters. The van der Waals surface area contributed by atoms with Gasteiger partial charge in [-0.25, -0.2) is 13.1 Å². The van der Waals surface area contributed by atoms with Gasteiger partial charge < -0.3 is 9.84 Å². The lowest BCUT2D eigenvalue weighted by molar-refractivity contribution is -0.138. The summed E-state index contributed by atoms with van der Waals surface area (Å²) < 4.78 is 69.5. The number of hydrogen-bond donors (Lipinski definition) is 2. The lowest BCUT2D eigenvalue weighted by Crippen LogP contribution is -2.40. The average Bonchev–Trinajstić information content (AvgIpc) is 2.36. The highest BCUT2D eigenvalue weighted by Gasteiger charge is 2.34. The van der Waals surface area contributed by atoms with E-state index in [-0.39, 0.29) is 6.61 Å². The molecule has 0 saturated carbocycles. The second-order valence-electron chi connectivity index (χ2n) is 4.38. The Bertz CT molecular complexity index is 587. The van der Waals surface area contributed by atoms with E-state index in [0.717, 1.165) is 25.1 Å². The molecule has 2 N–H and O–H groups in total. The molecule has 5 nitrogen and oxygen atoms in total. The summed E-state index contributed by atoms with van der Waals surface area (Å²) in [6.45, 7) is 0.445. The molecule has 0 amide bonds. The van der Waals surface area contributed by atoms with Gasteiger partial charge in [-0.15, -0.1) is 0 Å². The summed E-state index contributed by atoms with van der Waals surface area (Å²) in [5.41, 5.74) is -1.41. The minimum Gasteiger partial charge on any atom is -0.395 e. The fourth-order valence-electron chi connectivity index (χ4n) is 1.82. The Morgan fingerprint density at radius 3 is 2.48 bits per heavy atom. The molecule has 21 heavy (non-hydrogen) atoms. The van der Waals surface area contributed by atoms with Crippen LogP contribution in [0.3, 0.4) is 0 Å². The molecule has 0 aliphatic carbocycles. The molecule has 0 heterocycles. The number of aliphatic hydroxyl groups excluding tert-OH is 1. The van der Waals surface area contributed by atoms with Gasteiger partial charge in [0.15, 0.2) is 0 Å². The molecule has 1 rings (SSSR count). The second-order valence-corrected chi connectivity index (χ2v) is 6.06. The van der Waals surface area contributed by atoms with Crippen LogP contribution < -0.4 is 4.72 Å². The number of rotatable bonds is 6. The average molecular weight is 327 g/mol. The lowest BCUT2D eigenvalue weighted by Gasteiger charge is -2.18. The van der Waals surface area contributed by atoms with Crippen molar-refractivity contribution in [3.63, 3.8) is 0 Å². The van der Waals surface area contributed by atoms with E-state index >= 15 is 0 Å². The van der Waals surface area contributed by atoms with Gasteiger partial charge in [-0.3, -0.25) is 0 Å². The predicted molar refractivity (Wildman–Crippen MR) is 69.3 cm³/mol. The third-order valence-electron chi connectivity index (χ3n) is 2.79. The quantitative estimate of drug-likeness (QED) is 0.826. The third-order valence-corrected chi connectivity index (χ3v) is 4.45. The van der Waals surface area contributed by atoms with E-state index in [1.54, 1.807) is 0 Å². The molecule has 1 aromatic rings. The van der Waals surface area contributed by atoms with Gasteiger partial charge >= 0.3 is 6.18 Å². The maximum Gasteiger partial charge on any atom is 0.416 e. The number of sulfonamides is 1. The Hall–Kier alpha value is -1.16. The minimum atomic E-state index is -4.64. The first-order valence-electron chi connectivity index (χ1n) is 5.92. The Kier molecular flexibility index (Phi) is 5.74. The number of ether oxygens (including phenoxy) is 1. The van der Waals surface area contributed by atoms with Crippen LogP contribution >= 0.6 is 0 Å². The molecule has 0 aromatic heterocycles. The van der Waals surface area contributed by atoms with Crippen molar-refractivity contribution in [3.8, 4) is 0 Å². The van der Waals surface area contributed by atoms with Crippen LogP contribution in [0.15, 0.2) is 23.1 Å². The Morgan fingerprint density at radius 2 is 2.00 bits per heavy atom. The van der Waals surface area contributed by atoms with Crippen LogP contribution in [0.5, 0.6) is 0 Å². The molecule has 9 heteroatoms. The van der Waals surface area contributed by atoms with Crippen LogP contribution in [-0.2, 0) is 20.9 Å². The SMILES string of the molecule is COCC(CO)NS(=O)(=O)c1cccc(C(F)(F)F)c1C. The summed E-state index contributed by atoms with van der Waals surface area (Å²) in [7, 11) is -2.89. The monoisotopic (exact) mass is 327 g/mol. The van der Waals surface area contributed by atoms with E-state index in [1.165, 1.54) is 7.11 Å². The minimum absolute atomic E-state index is 0.103. The molecule has 0 radical (unpaired) electrons. The van der Waals surface area contributed by atoms with E-state index in [2.05, 4.69) is 4.72 Å². The highest BCUT2D eigenvalue weighted by atomic mass is 32.2. The molecule has 120 valence electrons. The first kappa shape index (κ1) is 17.9. The Labute approximate surface area is 120 Å². The molecule has 0 aliphatic rings. The maximum atomic E-state index is 12.8. The predicted octanol–water partition coefficient (Wildman–Crippen LogP) is 1.30. The van der Waals surface area contributed by atoms with Gasteiger partial charge in [-0.2, -0.15) is 13.2 Å². The van der Waals surface area contributed by atoms with Crippen molar-refractivity contribution >= 4 is 10.0 Å². The molecule has 0 bridgehead atoms. The highest BCUT2D eigenvalue weighted by Crippen LogP contribution is 2.34. The number of hydrogen-bond acceptors (Lipinski definition) is 4. The summed E-state index contributed by atoms with van der Waals surface area (Å²) in [6, 6.07) is 1.98. The van der Waals surface area contributed by atoms with Gasteiger partial charge in [-0.05, 0) is 24.6 Å². The molecule has 0 saturated heterocycles. The van der Waals surface area contributed by atoms with Crippen LogP contribution in [0.25, 0.3) is 0 Å². The Morgan fingerprint density at radius 1 is 1.38 bits per heavy atom. The summed E-state index contributed by atoms with van der Waals surface area (Å²) in [6.07, 6.45) is -4.64. The van der Waals surface area contributed by atoms with Crippen LogP contribution in [-0.4, -0.2) is 39.9 Å². The van der Waals surface area contributed by atoms with Crippen molar-refractivity contribution < 1.29 is 31.4 Å². The van der Waals surface area contributed by atoms with E-state index in [4.69, 9.17) is 9.84 Å². The van der Waals surface area contributed by atoms with Crippen LogP contribution in [0.1, 0.15) is 11.1 Å². The fourth-order valence-corrected chi connectivity index (χ4v) is 3.30. The summed E-state index contributed by atoms with van der Waals surface area (Å²) in [5.74, 6) is 0. The molecule has 1 atom stereocenters. The molecule has 0 fully saturated rings. The molecular formula is C12H16F3NO4S. The normalized spacial score (nSPS) is 14.2. The first-order chi connectivity index (χ1) is 9.63. The third kappa shape index (κ3) is 4.40. The fraction of sp³-hybridized carbons (Fsp3) is 0.500. The zero-order valence-corrected chi connectivity index (χ0v) is 12.3. The standard InChI is InChI=1S/C12H16F3NO4S/c1-8-10(12(13,14)15)4-3-5-11(8)21(18,19)16-9(6-17)7-20-2/h3-5,9,16-17H,6-7H2,1-2H3. The van der Waals surface area contributed by atoms with E-state index in [1.807, 2.05) is 0 Å². The largest absolute Gasteiger partial charge is 0.416 e. The van der Waals surface area contributed by atoms with Gasteiger partial charge in [0, 0.05) is 7.11 Å². The second kappa shape index (κ2) is 6.73. The Balaban J connectivity index is 3.21. The number of methoxy groups -OCH3 is 1. The first-order valence-corrected chi connectivity index (χ1v) is 7.40. The summed E-state index contributed by atoms with van der Waals surface area (Å²) in [5, 5.41) is 9.03. The van der Waals surface area contributed by atoms with Crippen LogP contribution in [0.4, 0.5) is 13.2 Å². The smallest absolute Gasteiger partial charge is 0.395 e. The number of benzene rings is 1. The molecular weight excluding hydrogens is 311 g/mol. The molecule has 0 aliphatic heterocycles. The van der Waals surface area contributed by atoms with Crippen molar-refractivity contribution in [1.82, 2.24) is 4.72 Å². The van der Waals surface area contributed by atoms with Crippen molar-refractivity contribution in [2.45, 2.75) is 24.0 Å². The summed E-state index contributed by atoms with van der Waals surface area (Å²) >= 11 is 0. The van der Waals surface area contributed by atoms with Gasteiger partial charge in [0.25, 0.3) is 0 Å². The molecule has 1 aromatic carbocycles. The summed E-state index contributed by atoms with van der Waals surface area (Å²) in [4.78, 5) is -0.480. The van der Waals surface area contributed by atoms with E-state index < -0.39 is 44.9 Å². The zero-order chi connectivity index (χ0) is 16.3. The highest BCUT2D eigenvalue weighted by molar-refractivity contribution is 7.89. The van der Waals surface area contributed by atoms with Gasteiger partial charge in [0.2, 0.25) is 10.0 Å². The van der Waals surface area contributed by atoms with Gasteiger partial charge in [0.05, 0.1) is 29.7 Å². The topological polar surface area (TPSA) is 75.6 Å². The van der Waals surface area contributed by atoms with Crippen molar-refractivity contribution in [3.05, 3.63) is 29.3 Å². The van der Waals surface area contributed by atoms with Crippen molar-refractivity contribution in [1.29, 1.82) is 0 Å². The van der Waals surface area contributed by atoms with Crippen LogP contribution in [0.2, 0.25) is 0 Å². The maximum absolute atomic E-state index is 12.8. The van der Waals surface area contributed by atoms with Crippen molar-refractivity contribution in [2.24, 2.45) is 0 Å². The van der Waals surface area contributed by atoms with Crippen molar-refractivity contribution in [2.75, 3.05) is 20.3 Å². The van der Waals surface area contributed by atoms with E-state index in [0.29, 0.717) is 0 Å². The lowest BCUT2D eigenvalue weighted by atomic mass is 10.1. The van der Waals surface area contributed by atoms with Gasteiger partial charge in [-0.1, -0.05) is 6.07 Å². The number of aliphatic hydroxyl groups is 1. The zero-order valence-electron chi connectivity index (χ0n) is 11.4. The number of nitrogens with one attached hydrogen (secondary N) is 1. The van der Waals surface area contributed by atoms with Gasteiger partial charge in [0.1, 0.15) is 0 Å². The van der Waals surface area contributed by atoms with Crippen LogP contribution in [0, 0.1) is 6.92 Å². The van der Waals surface area contributed by atoms with E-state index in [9.17, 15) is 21.6 Å². The molecule has 0 spiro atoms.